The van der Waals surface area contributed by atoms with E-state index in [9.17, 15) is 13.2 Å². The first kappa shape index (κ1) is 19.3. The molecular weight excluding hydrogens is 362 g/mol. The van der Waals surface area contributed by atoms with E-state index in [1.165, 1.54) is 16.4 Å². The number of carbonyl (C=O) groups excluding carboxylic acids is 1. The molecule has 1 aromatic rings. The number of amides is 1. The second-order valence-corrected chi connectivity index (χ2v) is 8.07. The van der Waals surface area contributed by atoms with E-state index in [1.54, 1.807) is 0 Å². The molecule has 1 N–H and O–H groups in total. The maximum Gasteiger partial charge on any atom is 0.287 e. The lowest BCUT2D eigenvalue weighted by molar-refractivity contribution is 0.0374. The summed E-state index contributed by atoms with van der Waals surface area (Å²) in [5.74, 6) is -0.404. The monoisotopic (exact) mass is 387 g/mol. The maximum atomic E-state index is 12.5. The number of ether oxygens (including phenoxy) is 2. The molecule has 9 nitrogen and oxygen atoms in total. The lowest BCUT2D eigenvalue weighted by atomic mass is 10.3. The van der Waals surface area contributed by atoms with Crippen molar-refractivity contribution in [3.8, 4) is 0 Å². The summed E-state index contributed by atoms with van der Waals surface area (Å²) >= 11 is 0. The fourth-order valence-electron chi connectivity index (χ4n) is 2.91. The summed E-state index contributed by atoms with van der Waals surface area (Å²) in [5.41, 5.74) is 0. The predicted octanol–water partition coefficient (Wildman–Crippen LogP) is -0.247. The van der Waals surface area contributed by atoms with Gasteiger partial charge in [0.1, 0.15) is 0 Å². The van der Waals surface area contributed by atoms with E-state index >= 15 is 0 Å². The maximum absolute atomic E-state index is 12.5. The van der Waals surface area contributed by atoms with Gasteiger partial charge >= 0.3 is 0 Å². The zero-order valence-corrected chi connectivity index (χ0v) is 15.5. The van der Waals surface area contributed by atoms with Gasteiger partial charge in [-0.15, -0.1) is 0 Å². The highest BCUT2D eigenvalue weighted by atomic mass is 32.2. The number of nitrogens with zero attached hydrogens (tertiary/aromatic N) is 2. The molecule has 2 aliphatic heterocycles. The Labute approximate surface area is 153 Å². The molecule has 0 unspecified atom stereocenters. The fourth-order valence-corrected chi connectivity index (χ4v) is 4.23. The molecular formula is C16H25N3O6S. The van der Waals surface area contributed by atoms with Gasteiger partial charge in [0, 0.05) is 32.7 Å². The number of nitrogens with one attached hydrogen (secondary N) is 1. The summed E-state index contributed by atoms with van der Waals surface area (Å²) in [4.78, 5) is 14.4. The van der Waals surface area contributed by atoms with Crippen molar-refractivity contribution in [1.29, 1.82) is 0 Å². The molecule has 3 heterocycles. The van der Waals surface area contributed by atoms with Crippen LogP contribution in [0.5, 0.6) is 0 Å². The van der Waals surface area contributed by atoms with Gasteiger partial charge in [-0.3, -0.25) is 9.69 Å². The Hall–Kier alpha value is -1.46. The van der Waals surface area contributed by atoms with Crippen LogP contribution < -0.4 is 5.32 Å². The zero-order chi connectivity index (χ0) is 18.4. The van der Waals surface area contributed by atoms with E-state index in [2.05, 4.69) is 10.2 Å². The topological polar surface area (TPSA) is 101 Å². The molecule has 0 atom stereocenters. The molecule has 0 aliphatic carbocycles. The van der Waals surface area contributed by atoms with Gasteiger partial charge in [-0.2, -0.15) is 4.31 Å². The fraction of sp³-hybridized carbons (Fsp3) is 0.688. The van der Waals surface area contributed by atoms with E-state index in [1.807, 2.05) is 0 Å². The lowest BCUT2D eigenvalue weighted by Gasteiger charge is -2.26. The van der Waals surface area contributed by atoms with Crippen LogP contribution in [0.15, 0.2) is 21.6 Å². The number of hydrogen-bond donors (Lipinski definition) is 1. The molecule has 0 saturated carbocycles. The molecule has 26 heavy (non-hydrogen) atoms. The van der Waals surface area contributed by atoms with Crippen molar-refractivity contribution < 1.29 is 27.1 Å². The highest BCUT2D eigenvalue weighted by molar-refractivity contribution is 7.89. The molecule has 0 spiro atoms. The van der Waals surface area contributed by atoms with Crippen LogP contribution in [0.1, 0.15) is 17.0 Å². The number of hydrogen-bond acceptors (Lipinski definition) is 7. The minimum atomic E-state index is -3.73. The van der Waals surface area contributed by atoms with Crippen LogP contribution in [0.25, 0.3) is 0 Å². The van der Waals surface area contributed by atoms with Crippen molar-refractivity contribution in [2.45, 2.75) is 11.5 Å². The van der Waals surface area contributed by atoms with Gasteiger partial charge in [-0.1, -0.05) is 0 Å². The highest BCUT2D eigenvalue weighted by Gasteiger charge is 2.30. The zero-order valence-electron chi connectivity index (χ0n) is 14.7. The van der Waals surface area contributed by atoms with Crippen LogP contribution in [0.4, 0.5) is 0 Å². The minimum absolute atomic E-state index is 0.00297. The van der Waals surface area contributed by atoms with Crippen molar-refractivity contribution >= 4 is 15.9 Å². The third kappa shape index (κ3) is 4.83. The number of sulfonamides is 1. The summed E-state index contributed by atoms with van der Waals surface area (Å²) in [6.07, 6.45) is 0.811. The predicted molar refractivity (Wildman–Crippen MR) is 92.5 cm³/mol. The second-order valence-electron chi connectivity index (χ2n) is 6.20. The lowest BCUT2D eigenvalue weighted by Crippen LogP contribution is -2.40. The average molecular weight is 387 g/mol. The summed E-state index contributed by atoms with van der Waals surface area (Å²) in [7, 11) is -3.73. The molecule has 1 amide bonds. The van der Waals surface area contributed by atoms with E-state index in [-0.39, 0.29) is 23.9 Å². The highest BCUT2D eigenvalue weighted by Crippen LogP contribution is 2.19. The molecule has 1 aromatic heterocycles. The number of rotatable bonds is 7. The Morgan fingerprint density at radius 3 is 2.38 bits per heavy atom. The van der Waals surface area contributed by atoms with Crippen molar-refractivity contribution in [3.63, 3.8) is 0 Å². The molecule has 0 radical (unpaired) electrons. The van der Waals surface area contributed by atoms with Crippen LogP contribution >= 0.6 is 0 Å². The first-order valence-corrected chi connectivity index (χ1v) is 10.3. The summed E-state index contributed by atoms with van der Waals surface area (Å²) < 4.78 is 42.0. The van der Waals surface area contributed by atoms with E-state index in [4.69, 9.17) is 13.9 Å². The first-order chi connectivity index (χ1) is 12.6. The largest absolute Gasteiger partial charge is 0.438 e. The number of morpholine rings is 2. The average Bonchev–Trinajstić information content (AvgIpc) is 3.18. The van der Waals surface area contributed by atoms with Crippen LogP contribution in [0.2, 0.25) is 0 Å². The molecule has 10 heteroatoms. The Kier molecular flexibility index (Phi) is 6.65. The van der Waals surface area contributed by atoms with Gasteiger partial charge in [-0.05, 0) is 25.1 Å². The molecule has 146 valence electrons. The van der Waals surface area contributed by atoms with Crippen LogP contribution in [0, 0.1) is 0 Å². The van der Waals surface area contributed by atoms with Crippen LogP contribution in [-0.2, 0) is 19.5 Å². The van der Waals surface area contributed by atoms with Gasteiger partial charge in [0.15, 0.2) is 5.76 Å². The van der Waals surface area contributed by atoms with Gasteiger partial charge < -0.3 is 19.2 Å². The van der Waals surface area contributed by atoms with Gasteiger partial charge in [0.05, 0.1) is 26.4 Å². The molecule has 0 bridgehead atoms. The Morgan fingerprint density at radius 2 is 1.69 bits per heavy atom. The van der Waals surface area contributed by atoms with E-state index < -0.39 is 15.9 Å². The minimum Gasteiger partial charge on any atom is -0.438 e. The molecule has 2 aliphatic rings. The quantitative estimate of drug-likeness (QED) is 0.644. The summed E-state index contributed by atoms with van der Waals surface area (Å²) in [6, 6.07) is 2.72. The van der Waals surface area contributed by atoms with Crippen molar-refractivity contribution in [2.24, 2.45) is 0 Å². The standard InChI is InChI=1S/C16H25N3O6S/c20-16(17-4-1-5-18-6-10-23-11-7-18)14-2-3-15(25-14)26(21,22)19-8-12-24-13-9-19/h2-3H,1,4-13H2,(H,17,20). The van der Waals surface area contributed by atoms with Gasteiger partial charge in [-0.25, -0.2) is 8.42 Å². The smallest absolute Gasteiger partial charge is 0.287 e. The van der Waals surface area contributed by atoms with Crippen LogP contribution in [0.3, 0.4) is 0 Å². The Bertz CT molecular complexity index is 693. The van der Waals surface area contributed by atoms with Crippen molar-refractivity contribution in [1.82, 2.24) is 14.5 Å². The third-order valence-corrected chi connectivity index (χ3v) is 6.18. The molecule has 0 aromatic carbocycles. The van der Waals surface area contributed by atoms with Gasteiger partial charge in [0.2, 0.25) is 5.09 Å². The second kappa shape index (κ2) is 8.96. The Morgan fingerprint density at radius 1 is 1.04 bits per heavy atom. The van der Waals surface area contributed by atoms with Crippen molar-refractivity contribution in [2.75, 3.05) is 65.7 Å². The SMILES string of the molecule is O=C(NCCCN1CCOCC1)c1ccc(S(=O)(=O)N2CCOCC2)o1. The van der Waals surface area contributed by atoms with E-state index in [0.717, 1.165) is 39.3 Å². The van der Waals surface area contributed by atoms with Crippen LogP contribution in [-0.4, -0.2) is 89.2 Å². The number of furan rings is 1. The molecule has 2 saturated heterocycles. The Balaban J connectivity index is 1.48. The molecule has 2 fully saturated rings. The van der Waals surface area contributed by atoms with E-state index in [0.29, 0.717) is 19.8 Å². The third-order valence-electron chi connectivity index (χ3n) is 4.41. The summed E-state index contributed by atoms with van der Waals surface area (Å²) in [6.45, 7) is 5.99. The van der Waals surface area contributed by atoms with Crippen molar-refractivity contribution in [3.05, 3.63) is 17.9 Å². The normalized spacial score (nSPS) is 20.2. The first-order valence-electron chi connectivity index (χ1n) is 8.83. The summed E-state index contributed by atoms with van der Waals surface area (Å²) in [5, 5.41) is 2.55. The number of carbonyl (C=O) groups is 1. The van der Waals surface area contributed by atoms with Gasteiger partial charge in [0.25, 0.3) is 15.9 Å². The molecule has 3 rings (SSSR count).